The molecular formula is C13H20ClN5. The van der Waals surface area contributed by atoms with Gasteiger partial charge in [-0.1, -0.05) is 11.6 Å². The van der Waals surface area contributed by atoms with Crippen molar-refractivity contribution in [2.45, 2.75) is 33.4 Å². The molecule has 0 bridgehead atoms. The summed E-state index contributed by atoms with van der Waals surface area (Å²) in [7, 11) is 1.92. The monoisotopic (exact) mass is 281 g/mol. The van der Waals surface area contributed by atoms with E-state index in [1.807, 2.05) is 18.5 Å². The minimum atomic E-state index is 0.666. The molecule has 0 saturated carbocycles. The molecule has 0 unspecified atom stereocenters. The van der Waals surface area contributed by atoms with Gasteiger partial charge in [-0.25, -0.2) is 4.98 Å². The SMILES string of the molecule is Cc1cc(C)n(CCCNCc2ncc(Cl)n2C)n1. The van der Waals surface area contributed by atoms with Crippen molar-refractivity contribution in [2.75, 3.05) is 6.54 Å². The quantitative estimate of drug-likeness (QED) is 0.825. The van der Waals surface area contributed by atoms with Crippen LogP contribution in [0.3, 0.4) is 0 Å². The van der Waals surface area contributed by atoms with Gasteiger partial charge >= 0.3 is 0 Å². The number of halogens is 1. The first-order valence-electron chi connectivity index (χ1n) is 6.46. The predicted octanol–water partition coefficient (Wildman–Crippen LogP) is 2.07. The Hall–Kier alpha value is -1.33. The van der Waals surface area contributed by atoms with Crippen molar-refractivity contribution < 1.29 is 0 Å². The van der Waals surface area contributed by atoms with Crippen LogP contribution in [0.25, 0.3) is 0 Å². The standard InChI is InChI=1S/C13H20ClN5/c1-10-7-11(2)19(17-10)6-4-5-15-9-13-16-8-12(14)18(13)3/h7-8,15H,4-6,9H2,1-3H3. The lowest BCUT2D eigenvalue weighted by atomic mass is 10.4. The first-order chi connectivity index (χ1) is 9.08. The van der Waals surface area contributed by atoms with Gasteiger partial charge in [-0.15, -0.1) is 0 Å². The molecule has 6 heteroatoms. The van der Waals surface area contributed by atoms with Crippen LogP contribution in [-0.4, -0.2) is 25.9 Å². The number of hydrogen-bond acceptors (Lipinski definition) is 3. The van der Waals surface area contributed by atoms with Gasteiger partial charge in [0.15, 0.2) is 0 Å². The third-order valence-corrected chi connectivity index (χ3v) is 3.49. The molecule has 19 heavy (non-hydrogen) atoms. The summed E-state index contributed by atoms with van der Waals surface area (Å²) in [6.07, 6.45) is 2.72. The Balaban J connectivity index is 1.70. The maximum atomic E-state index is 5.93. The molecule has 1 N–H and O–H groups in total. The Morgan fingerprint density at radius 1 is 1.37 bits per heavy atom. The maximum absolute atomic E-state index is 5.93. The molecule has 0 fully saturated rings. The van der Waals surface area contributed by atoms with Crippen molar-refractivity contribution >= 4 is 11.6 Å². The fourth-order valence-electron chi connectivity index (χ4n) is 2.04. The van der Waals surface area contributed by atoms with Gasteiger partial charge in [0.25, 0.3) is 0 Å². The second-order valence-corrected chi connectivity index (χ2v) is 5.12. The fourth-order valence-corrected chi connectivity index (χ4v) is 2.19. The van der Waals surface area contributed by atoms with Crippen molar-refractivity contribution in [3.8, 4) is 0 Å². The van der Waals surface area contributed by atoms with Crippen LogP contribution in [0.2, 0.25) is 5.15 Å². The molecule has 0 aromatic carbocycles. The Labute approximate surface area is 118 Å². The van der Waals surface area contributed by atoms with Crippen LogP contribution < -0.4 is 5.32 Å². The predicted molar refractivity (Wildman–Crippen MR) is 76.2 cm³/mol. The number of nitrogens with zero attached hydrogens (tertiary/aromatic N) is 4. The Bertz CT molecular complexity index is 539. The van der Waals surface area contributed by atoms with E-state index in [-0.39, 0.29) is 0 Å². The van der Waals surface area contributed by atoms with E-state index in [0.29, 0.717) is 5.15 Å². The molecule has 5 nitrogen and oxygen atoms in total. The number of aromatic nitrogens is 4. The van der Waals surface area contributed by atoms with Gasteiger partial charge in [-0.3, -0.25) is 4.68 Å². The van der Waals surface area contributed by atoms with E-state index in [1.165, 1.54) is 5.69 Å². The van der Waals surface area contributed by atoms with Gasteiger partial charge in [0.05, 0.1) is 18.4 Å². The highest BCUT2D eigenvalue weighted by molar-refractivity contribution is 6.29. The lowest BCUT2D eigenvalue weighted by Crippen LogP contribution is -2.19. The number of nitrogens with one attached hydrogen (secondary N) is 1. The van der Waals surface area contributed by atoms with E-state index in [0.717, 1.165) is 37.6 Å². The van der Waals surface area contributed by atoms with Gasteiger partial charge in [-0.05, 0) is 32.9 Å². The Morgan fingerprint density at radius 2 is 2.16 bits per heavy atom. The molecular weight excluding hydrogens is 262 g/mol. The van der Waals surface area contributed by atoms with E-state index in [1.54, 1.807) is 6.20 Å². The molecule has 0 aliphatic rings. The van der Waals surface area contributed by atoms with Crippen LogP contribution in [0.4, 0.5) is 0 Å². The van der Waals surface area contributed by atoms with Gasteiger partial charge in [0.2, 0.25) is 0 Å². The van der Waals surface area contributed by atoms with Crippen LogP contribution in [0.5, 0.6) is 0 Å². The van der Waals surface area contributed by atoms with E-state index in [4.69, 9.17) is 11.6 Å². The summed E-state index contributed by atoms with van der Waals surface area (Å²) in [6.45, 7) is 6.72. The molecule has 2 aromatic heterocycles. The van der Waals surface area contributed by atoms with Crippen molar-refractivity contribution in [3.63, 3.8) is 0 Å². The molecule has 2 aromatic rings. The first-order valence-corrected chi connectivity index (χ1v) is 6.83. The molecule has 104 valence electrons. The average molecular weight is 282 g/mol. The van der Waals surface area contributed by atoms with Gasteiger partial charge < -0.3 is 9.88 Å². The Kier molecular flexibility index (Phi) is 4.61. The van der Waals surface area contributed by atoms with Crippen LogP contribution >= 0.6 is 11.6 Å². The van der Waals surface area contributed by atoms with Crippen molar-refractivity contribution in [1.82, 2.24) is 24.6 Å². The zero-order valence-corrected chi connectivity index (χ0v) is 12.4. The number of imidazole rings is 1. The van der Waals surface area contributed by atoms with Crippen LogP contribution in [0.15, 0.2) is 12.3 Å². The molecule has 2 rings (SSSR count). The van der Waals surface area contributed by atoms with Crippen molar-refractivity contribution in [2.24, 2.45) is 7.05 Å². The Morgan fingerprint density at radius 3 is 2.74 bits per heavy atom. The number of rotatable bonds is 6. The van der Waals surface area contributed by atoms with Crippen LogP contribution in [0.1, 0.15) is 23.6 Å². The molecule has 0 aliphatic carbocycles. The summed E-state index contributed by atoms with van der Waals surface area (Å²) in [5.74, 6) is 0.955. The molecule has 2 heterocycles. The lowest BCUT2D eigenvalue weighted by molar-refractivity contribution is 0.525. The smallest absolute Gasteiger partial charge is 0.128 e. The first kappa shape index (κ1) is 14.1. The van der Waals surface area contributed by atoms with E-state index >= 15 is 0 Å². The molecule has 0 radical (unpaired) electrons. The zero-order valence-electron chi connectivity index (χ0n) is 11.6. The molecule has 0 saturated heterocycles. The summed E-state index contributed by atoms with van der Waals surface area (Å²) in [5, 5.41) is 8.47. The van der Waals surface area contributed by atoms with Gasteiger partial charge in [0.1, 0.15) is 11.0 Å². The maximum Gasteiger partial charge on any atom is 0.128 e. The van der Waals surface area contributed by atoms with Crippen LogP contribution in [0, 0.1) is 13.8 Å². The molecule has 0 amide bonds. The average Bonchev–Trinajstić information content (AvgIpc) is 2.85. The normalized spacial score (nSPS) is 11.2. The van der Waals surface area contributed by atoms with E-state index < -0.39 is 0 Å². The molecule has 0 spiro atoms. The van der Waals surface area contributed by atoms with Crippen LogP contribution in [-0.2, 0) is 20.1 Å². The molecule has 0 aliphatic heterocycles. The summed E-state index contributed by atoms with van der Waals surface area (Å²) < 4.78 is 3.93. The van der Waals surface area contributed by atoms with Crippen molar-refractivity contribution in [3.05, 3.63) is 34.6 Å². The summed E-state index contributed by atoms with van der Waals surface area (Å²) in [5.41, 5.74) is 2.29. The fraction of sp³-hybridized carbons (Fsp3) is 0.538. The third-order valence-electron chi connectivity index (χ3n) is 3.14. The highest BCUT2D eigenvalue weighted by Crippen LogP contribution is 2.08. The lowest BCUT2D eigenvalue weighted by Gasteiger charge is -2.06. The van der Waals surface area contributed by atoms with E-state index in [2.05, 4.69) is 33.1 Å². The largest absolute Gasteiger partial charge is 0.321 e. The second kappa shape index (κ2) is 6.21. The number of aryl methyl sites for hydroxylation is 3. The van der Waals surface area contributed by atoms with Gasteiger partial charge in [0, 0.05) is 19.3 Å². The van der Waals surface area contributed by atoms with Crippen molar-refractivity contribution in [1.29, 1.82) is 0 Å². The highest BCUT2D eigenvalue weighted by Gasteiger charge is 2.03. The minimum absolute atomic E-state index is 0.666. The van der Waals surface area contributed by atoms with E-state index in [9.17, 15) is 0 Å². The topological polar surface area (TPSA) is 47.7 Å². The number of hydrogen-bond donors (Lipinski definition) is 1. The third kappa shape index (κ3) is 3.58. The summed E-state index contributed by atoms with van der Waals surface area (Å²) in [4.78, 5) is 4.24. The van der Waals surface area contributed by atoms with Gasteiger partial charge in [-0.2, -0.15) is 5.10 Å². The second-order valence-electron chi connectivity index (χ2n) is 4.74. The highest BCUT2D eigenvalue weighted by atomic mass is 35.5. The zero-order chi connectivity index (χ0) is 13.8. The summed E-state index contributed by atoms with van der Waals surface area (Å²) >= 11 is 5.93. The minimum Gasteiger partial charge on any atom is -0.321 e. The summed E-state index contributed by atoms with van der Waals surface area (Å²) in [6, 6.07) is 2.10. The molecule has 0 atom stereocenters.